The third-order valence-electron chi connectivity index (χ3n) is 3.41. The molecule has 0 bridgehead atoms. The summed E-state index contributed by atoms with van der Waals surface area (Å²) in [5.74, 6) is -0.466. The Morgan fingerprint density at radius 1 is 1.38 bits per heavy atom. The van der Waals surface area contributed by atoms with E-state index in [1.807, 2.05) is 18.9 Å². The number of nitrogens with zero attached hydrogens (tertiary/aromatic N) is 2. The molecule has 2 rings (SSSR count). The summed E-state index contributed by atoms with van der Waals surface area (Å²) in [5.41, 5.74) is 0. The highest BCUT2D eigenvalue weighted by atomic mass is 16.5. The van der Waals surface area contributed by atoms with Crippen LogP contribution in [0.2, 0.25) is 0 Å². The molecule has 0 aromatic heterocycles. The van der Waals surface area contributed by atoms with Crippen molar-refractivity contribution in [3.8, 4) is 0 Å². The maximum Gasteiger partial charge on any atom is 0.287 e. The lowest BCUT2D eigenvalue weighted by Crippen LogP contribution is -2.35. The Balaban J connectivity index is 2.15. The van der Waals surface area contributed by atoms with Crippen LogP contribution in [0.25, 0.3) is 0 Å². The number of ether oxygens (including phenoxy) is 1. The molecule has 2 aliphatic rings. The molecule has 1 fully saturated rings. The van der Waals surface area contributed by atoms with Crippen LogP contribution in [0.5, 0.6) is 0 Å². The van der Waals surface area contributed by atoms with Gasteiger partial charge in [0.2, 0.25) is 0 Å². The second kappa shape index (κ2) is 4.20. The number of aliphatic imine (C=N–C) groups is 1. The third kappa shape index (κ3) is 1.57. The molecule has 1 aliphatic heterocycles. The first-order valence-corrected chi connectivity index (χ1v) is 5.52. The molecular formula is C10H18N2O4. The Kier molecular flexibility index (Phi) is 3.05. The number of rotatable bonds is 2. The average Bonchev–Trinajstić information content (AvgIpc) is 2.80. The molecule has 3 N–H and O–H groups in total. The van der Waals surface area contributed by atoms with Crippen LogP contribution in [-0.4, -0.2) is 70.8 Å². The van der Waals surface area contributed by atoms with E-state index in [1.165, 1.54) is 0 Å². The molecule has 5 atom stereocenters. The fourth-order valence-electron chi connectivity index (χ4n) is 2.22. The van der Waals surface area contributed by atoms with Crippen molar-refractivity contribution in [3.63, 3.8) is 0 Å². The second-order valence-corrected chi connectivity index (χ2v) is 4.33. The molecule has 6 heteroatoms. The van der Waals surface area contributed by atoms with Crippen molar-refractivity contribution in [3.05, 3.63) is 0 Å². The van der Waals surface area contributed by atoms with Gasteiger partial charge in [0.1, 0.15) is 18.2 Å². The molecule has 6 nitrogen and oxygen atoms in total. The van der Waals surface area contributed by atoms with Crippen LogP contribution in [0, 0.1) is 5.92 Å². The zero-order valence-corrected chi connectivity index (χ0v) is 9.45. The van der Waals surface area contributed by atoms with E-state index >= 15 is 0 Å². The van der Waals surface area contributed by atoms with Crippen LogP contribution < -0.4 is 0 Å². The van der Waals surface area contributed by atoms with Crippen LogP contribution in [0.1, 0.15) is 6.92 Å². The summed E-state index contributed by atoms with van der Waals surface area (Å²) >= 11 is 0. The van der Waals surface area contributed by atoms with E-state index in [-0.39, 0.29) is 6.61 Å². The number of aliphatic hydroxyl groups excluding tert-OH is 3. The van der Waals surface area contributed by atoms with E-state index in [1.54, 1.807) is 0 Å². The van der Waals surface area contributed by atoms with Gasteiger partial charge in [-0.3, -0.25) is 0 Å². The maximum absolute atomic E-state index is 9.77. The van der Waals surface area contributed by atoms with Gasteiger partial charge in [-0.15, -0.1) is 0 Å². The second-order valence-electron chi connectivity index (χ2n) is 4.33. The number of fused-ring (bicyclic) bond motifs is 1. The Morgan fingerprint density at radius 2 is 2.06 bits per heavy atom. The molecule has 0 aromatic rings. The van der Waals surface area contributed by atoms with Crippen molar-refractivity contribution in [2.24, 2.45) is 10.9 Å². The molecule has 0 aromatic carbocycles. The predicted molar refractivity (Wildman–Crippen MR) is 57.0 cm³/mol. The molecule has 5 unspecified atom stereocenters. The van der Waals surface area contributed by atoms with Crippen molar-refractivity contribution < 1.29 is 20.1 Å². The summed E-state index contributed by atoms with van der Waals surface area (Å²) in [5, 5.41) is 28.6. The van der Waals surface area contributed by atoms with Crippen LogP contribution in [-0.2, 0) is 4.74 Å². The quantitative estimate of drug-likeness (QED) is 0.532. The Labute approximate surface area is 94.2 Å². The standard InChI is InChI=1S/C10H18N2O4/c1-3-12(2)10-11-6-8(15)7(14)5(4-13)9(6)16-10/h5-9,13-15H,3-4H2,1-2H3. The summed E-state index contributed by atoms with van der Waals surface area (Å²) < 4.78 is 5.58. The summed E-state index contributed by atoms with van der Waals surface area (Å²) in [4.78, 5) is 6.07. The largest absolute Gasteiger partial charge is 0.459 e. The van der Waals surface area contributed by atoms with Gasteiger partial charge in [0.05, 0.1) is 18.6 Å². The highest BCUT2D eigenvalue weighted by molar-refractivity contribution is 5.76. The first-order valence-electron chi connectivity index (χ1n) is 5.52. The van der Waals surface area contributed by atoms with Crippen LogP contribution in [0.3, 0.4) is 0 Å². The van der Waals surface area contributed by atoms with E-state index in [2.05, 4.69) is 4.99 Å². The van der Waals surface area contributed by atoms with E-state index in [9.17, 15) is 10.2 Å². The maximum atomic E-state index is 9.77. The van der Waals surface area contributed by atoms with Gasteiger partial charge in [-0.2, -0.15) is 0 Å². The van der Waals surface area contributed by atoms with Crippen molar-refractivity contribution >= 4 is 6.02 Å². The highest BCUT2D eigenvalue weighted by Crippen LogP contribution is 2.35. The number of hydrogen-bond donors (Lipinski definition) is 3. The number of aliphatic hydroxyl groups is 3. The van der Waals surface area contributed by atoms with E-state index < -0.39 is 30.3 Å². The van der Waals surface area contributed by atoms with Crippen molar-refractivity contribution in [1.29, 1.82) is 0 Å². The zero-order valence-electron chi connectivity index (χ0n) is 9.45. The lowest BCUT2D eigenvalue weighted by molar-refractivity contribution is -0.00829. The van der Waals surface area contributed by atoms with Crippen molar-refractivity contribution in [2.45, 2.75) is 31.3 Å². The summed E-state index contributed by atoms with van der Waals surface area (Å²) in [7, 11) is 1.84. The number of hydrogen-bond acceptors (Lipinski definition) is 6. The summed E-state index contributed by atoms with van der Waals surface area (Å²) in [6.45, 7) is 2.51. The molecule has 0 radical (unpaired) electrons. The van der Waals surface area contributed by atoms with Gasteiger partial charge >= 0.3 is 0 Å². The Hall–Kier alpha value is -0.850. The lowest BCUT2D eigenvalue weighted by Gasteiger charge is -2.22. The first-order chi connectivity index (χ1) is 7.60. The van der Waals surface area contributed by atoms with Gasteiger partial charge in [-0.25, -0.2) is 4.99 Å². The molecule has 1 aliphatic carbocycles. The minimum atomic E-state index is -0.961. The van der Waals surface area contributed by atoms with Gasteiger partial charge in [-0.05, 0) is 6.92 Å². The third-order valence-corrected chi connectivity index (χ3v) is 3.41. The monoisotopic (exact) mass is 230 g/mol. The molecular weight excluding hydrogens is 212 g/mol. The van der Waals surface area contributed by atoms with Gasteiger partial charge in [-0.1, -0.05) is 0 Å². The smallest absolute Gasteiger partial charge is 0.287 e. The topological polar surface area (TPSA) is 85.5 Å². The molecule has 0 amide bonds. The highest BCUT2D eigenvalue weighted by Gasteiger charge is 2.54. The summed E-state index contributed by atoms with van der Waals surface area (Å²) in [6, 6.07) is 0.0121. The molecule has 0 spiro atoms. The molecule has 92 valence electrons. The van der Waals surface area contributed by atoms with E-state index in [4.69, 9.17) is 9.84 Å². The lowest BCUT2D eigenvalue weighted by atomic mass is 10.1. The van der Waals surface area contributed by atoms with E-state index in [0.29, 0.717) is 6.02 Å². The minimum absolute atomic E-state index is 0.210. The molecule has 1 heterocycles. The molecule has 16 heavy (non-hydrogen) atoms. The van der Waals surface area contributed by atoms with Crippen LogP contribution >= 0.6 is 0 Å². The zero-order chi connectivity index (χ0) is 11.9. The molecule has 1 saturated carbocycles. The minimum Gasteiger partial charge on any atom is -0.459 e. The van der Waals surface area contributed by atoms with Crippen LogP contribution in [0.4, 0.5) is 0 Å². The summed E-state index contributed by atoms with van der Waals surface area (Å²) in [6.07, 6.45) is -2.33. The van der Waals surface area contributed by atoms with Gasteiger partial charge in [0.25, 0.3) is 6.02 Å². The van der Waals surface area contributed by atoms with E-state index in [0.717, 1.165) is 6.54 Å². The average molecular weight is 230 g/mol. The number of amidine groups is 1. The van der Waals surface area contributed by atoms with Crippen molar-refractivity contribution in [1.82, 2.24) is 4.90 Å². The fraction of sp³-hybridized carbons (Fsp3) is 0.900. The van der Waals surface area contributed by atoms with Gasteiger partial charge in [0, 0.05) is 13.6 Å². The van der Waals surface area contributed by atoms with Gasteiger partial charge in [0.15, 0.2) is 0 Å². The van der Waals surface area contributed by atoms with Crippen LogP contribution in [0.15, 0.2) is 4.99 Å². The molecule has 0 saturated heterocycles. The fourth-order valence-corrected chi connectivity index (χ4v) is 2.22. The van der Waals surface area contributed by atoms with Crippen molar-refractivity contribution in [2.75, 3.05) is 20.2 Å². The first kappa shape index (κ1) is 11.6. The SMILES string of the molecule is CCN(C)C1=NC2C(O)C(O)C(CO)C2O1. The Morgan fingerprint density at radius 3 is 2.62 bits per heavy atom. The van der Waals surface area contributed by atoms with Gasteiger partial charge < -0.3 is 25.0 Å². The normalized spacial score (nSPS) is 41.6. The predicted octanol–water partition coefficient (Wildman–Crippen LogP) is -1.59. The Bertz CT molecular complexity index is 297.